The number of aryl methyl sites for hydroxylation is 1. The molecule has 0 saturated carbocycles. The number of piperidine rings is 1. The quantitative estimate of drug-likeness (QED) is 0.685. The van der Waals surface area contributed by atoms with Crippen LogP contribution in [0.5, 0.6) is 5.75 Å². The summed E-state index contributed by atoms with van der Waals surface area (Å²) in [7, 11) is 1.51. The topological polar surface area (TPSA) is 109 Å². The molecule has 2 N–H and O–H groups in total. The van der Waals surface area contributed by atoms with Crippen molar-refractivity contribution < 1.29 is 19.4 Å². The molecule has 1 saturated heterocycles. The van der Waals surface area contributed by atoms with Crippen molar-refractivity contribution in [3.63, 3.8) is 0 Å². The molecule has 3 aromatic rings. The van der Waals surface area contributed by atoms with Gasteiger partial charge < -0.3 is 24.5 Å². The van der Waals surface area contributed by atoms with Crippen molar-refractivity contribution in [1.29, 1.82) is 0 Å². The van der Waals surface area contributed by atoms with Crippen molar-refractivity contribution in [2.75, 3.05) is 25.5 Å². The lowest BCUT2D eigenvalue weighted by Gasteiger charge is -2.30. The minimum absolute atomic E-state index is 0.268. The van der Waals surface area contributed by atoms with Crippen molar-refractivity contribution in [2.24, 2.45) is 0 Å². The van der Waals surface area contributed by atoms with E-state index in [0.29, 0.717) is 35.9 Å². The number of methoxy groups -OCH3 is 1. The van der Waals surface area contributed by atoms with Gasteiger partial charge in [0.2, 0.25) is 0 Å². The number of pyridine rings is 2. The fourth-order valence-electron chi connectivity index (χ4n) is 3.79. The predicted molar refractivity (Wildman–Crippen MR) is 110 cm³/mol. The second-order valence-corrected chi connectivity index (χ2v) is 7.38. The average molecular weight is 409 g/mol. The van der Waals surface area contributed by atoms with Gasteiger partial charge in [-0.2, -0.15) is 0 Å². The van der Waals surface area contributed by atoms with E-state index >= 15 is 0 Å². The number of carbonyl (C=O) groups is 2. The van der Waals surface area contributed by atoms with Gasteiger partial charge in [0.1, 0.15) is 17.2 Å². The van der Waals surface area contributed by atoms with Gasteiger partial charge in [0, 0.05) is 37.7 Å². The summed E-state index contributed by atoms with van der Waals surface area (Å²) in [5, 5.41) is 11.9. The maximum Gasteiger partial charge on any atom is 0.407 e. The number of carbonyl (C=O) groups excluding carboxylic acids is 1. The molecule has 156 valence electrons. The number of nitrogens with one attached hydrogen (secondary N) is 1. The van der Waals surface area contributed by atoms with Gasteiger partial charge in [-0.15, -0.1) is 0 Å². The van der Waals surface area contributed by atoms with E-state index in [9.17, 15) is 9.59 Å². The van der Waals surface area contributed by atoms with E-state index in [1.54, 1.807) is 28.9 Å². The lowest BCUT2D eigenvalue weighted by molar-refractivity contribution is 0.102. The smallest absolute Gasteiger partial charge is 0.407 e. The Kier molecular flexibility index (Phi) is 5.26. The van der Waals surface area contributed by atoms with Crippen LogP contribution in [0.3, 0.4) is 0 Å². The van der Waals surface area contributed by atoms with Crippen LogP contribution in [0.1, 0.15) is 40.4 Å². The van der Waals surface area contributed by atoms with Crippen LogP contribution in [-0.4, -0.2) is 56.6 Å². The Morgan fingerprint density at radius 2 is 2.00 bits per heavy atom. The molecule has 0 spiro atoms. The number of likely N-dealkylation sites (tertiary alicyclic amines) is 1. The monoisotopic (exact) mass is 409 g/mol. The number of anilines is 1. The molecule has 0 atom stereocenters. The van der Waals surface area contributed by atoms with E-state index in [4.69, 9.17) is 9.84 Å². The van der Waals surface area contributed by atoms with E-state index in [2.05, 4.69) is 15.3 Å². The van der Waals surface area contributed by atoms with E-state index in [1.165, 1.54) is 12.0 Å². The number of carboxylic acid groups (broad SMARTS) is 1. The molecule has 1 fully saturated rings. The molecule has 0 aliphatic carbocycles. The van der Waals surface area contributed by atoms with Crippen LogP contribution >= 0.6 is 0 Å². The first kappa shape index (κ1) is 19.7. The van der Waals surface area contributed by atoms with Gasteiger partial charge in [0.15, 0.2) is 0 Å². The van der Waals surface area contributed by atoms with Crippen molar-refractivity contribution in [3.05, 3.63) is 53.6 Å². The maximum absolute atomic E-state index is 12.8. The fourth-order valence-corrected chi connectivity index (χ4v) is 3.79. The Morgan fingerprint density at radius 3 is 2.63 bits per heavy atom. The highest BCUT2D eigenvalue weighted by Gasteiger charge is 2.23. The fraction of sp³-hybridized carbons (Fsp3) is 0.333. The zero-order valence-corrected chi connectivity index (χ0v) is 16.8. The molecule has 9 nitrogen and oxygen atoms in total. The normalized spacial score (nSPS) is 14.7. The summed E-state index contributed by atoms with van der Waals surface area (Å²) < 4.78 is 7.15. The number of hydrogen-bond donors (Lipinski definition) is 2. The first-order valence-electron chi connectivity index (χ1n) is 9.73. The Labute approximate surface area is 173 Å². The third-order valence-electron chi connectivity index (χ3n) is 5.40. The Bertz CT molecular complexity index is 1080. The first-order valence-corrected chi connectivity index (χ1v) is 9.73. The third kappa shape index (κ3) is 3.91. The molecular weight excluding hydrogens is 386 g/mol. The molecule has 0 unspecified atom stereocenters. The van der Waals surface area contributed by atoms with E-state index in [0.717, 1.165) is 24.1 Å². The molecule has 0 bridgehead atoms. The number of ether oxygens (including phenoxy) is 1. The molecule has 0 radical (unpaired) electrons. The van der Waals surface area contributed by atoms with E-state index < -0.39 is 6.09 Å². The van der Waals surface area contributed by atoms with Crippen molar-refractivity contribution in [3.8, 4) is 5.75 Å². The van der Waals surface area contributed by atoms with Gasteiger partial charge >= 0.3 is 6.09 Å². The molecule has 4 rings (SSSR count). The summed E-state index contributed by atoms with van der Waals surface area (Å²) in [5.41, 5.74) is 2.98. The van der Waals surface area contributed by atoms with Gasteiger partial charge in [-0.25, -0.2) is 14.8 Å². The summed E-state index contributed by atoms with van der Waals surface area (Å²) >= 11 is 0. The minimum Gasteiger partial charge on any atom is -0.496 e. The number of hydrogen-bond acceptors (Lipinski definition) is 5. The van der Waals surface area contributed by atoms with Crippen LogP contribution in [0.4, 0.5) is 10.6 Å². The summed E-state index contributed by atoms with van der Waals surface area (Å²) in [6.45, 7) is 2.93. The van der Waals surface area contributed by atoms with Crippen LogP contribution < -0.4 is 10.1 Å². The number of imidazole rings is 1. The molecule has 1 aliphatic rings. The molecule has 9 heteroatoms. The Balaban J connectivity index is 1.46. The molecule has 0 aromatic carbocycles. The van der Waals surface area contributed by atoms with Crippen molar-refractivity contribution in [1.82, 2.24) is 19.3 Å². The molecule has 1 aliphatic heterocycles. The maximum atomic E-state index is 12.8. The molecule has 30 heavy (non-hydrogen) atoms. The van der Waals surface area contributed by atoms with Crippen LogP contribution in [0.2, 0.25) is 0 Å². The van der Waals surface area contributed by atoms with Crippen molar-refractivity contribution >= 4 is 23.5 Å². The second-order valence-electron chi connectivity index (χ2n) is 7.38. The standard InChI is InChI=1S/C21H23N5O4/c1-13-11-26-12-16(17(30-2)9-19(26)23-13)20(27)24-18-4-3-15(10-22-18)14-5-7-25(8-6-14)21(28)29/h3-4,9-12,14H,5-8H2,1-2H3,(H,28,29)(H,22,24,27). The second kappa shape index (κ2) is 8.02. The van der Waals surface area contributed by atoms with Gasteiger partial charge in [0.25, 0.3) is 5.91 Å². The molecular formula is C21H23N5O4. The Morgan fingerprint density at radius 1 is 1.23 bits per heavy atom. The lowest BCUT2D eigenvalue weighted by atomic mass is 9.91. The number of nitrogens with zero attached hydrogens (tertiary/aromatic N) is 4. The van der Waals surface area contributed by atoms with Gasteiger partial charge in [-0.05, 0) is 37.3 Å². The largest absolute Gasteiger partial charge is 0.496 e. The van der Waals surface area contributed by atoms with Crippen molar-refractivity contribution in [2.45, 2.75) is 25.7 Å². The SMILES string of the molecule is COc1cc2nc(C)cn2cc1C(=O)Nc1ccc(C2CCN(C(=O)O)CC2)cn1. The van der Waals surface area contributed by atoms with Gasteiger partial charge in [0.05, 0.1) is 18.4 Å². The van der Waals surface area contributed by atoms with E-state index in [1.807, 2.05) is 19.2 Å². The summed E-state index contributed by atoms with van der Waals surface area (Å²) in [6, 6.07) is 5.43. The Hall–Kier alpha value is -3.62. The first-order chi connectivity index (χ1) is 14.4. The summed E-state index contributed by atoms with van der Waals surface area (Å²) in [6.07, 6.45) is 5.94. The van der Waals surface area contributed by atoms with Crippen LogP contribution in [-0.2, 0) is 0 Å². The van der Waals surface area contributed by atoms with Crippen LogP contribution in [0.25, 0.3) is 5.65 Å². The van der Waals surface area contributed by atoms with Gasteiger partial charge in [-0.3, -0.25) is 4.79 Å². The van der Waals surface area contributed by atoms with Crippen LogP contribution in [0, 0.1) is 6.92 Å². The predicted octanol–water partition coefficient (Wildman–Crippen LogP) is 3.16. The molecule has 2 amide bonds. The highest BCUT2D eigenvalue weighted by Crippen LogP contribution is 2.28. The molecule has 3 aromatic heterocycles. The number of fused-ring (bicyclic) bond motifs is 1. The zero-order chi connectivity index (χ0) is 21.3. The van der Waals surface area contributed by atoms with Crippen LogP contribution in [0.15, 0.2) is 36.8 Å². The summed E-state index contributed by atoms with van der Waals surface area (Å²) in [4.78, 5) is 34.0. The minimum atomic E-state index is -0.871. The lowest BCUT2D eigenvalue weighted by Crippen LogP contribution is -2.36. The highest BCUT2D eigenvalue weighted by molar-refractivity contribution is 6.05. The third-order valence-corrected chi connectivity index (χ3v) is 5.40. The molecule has 4 heterocycles. The highest BCUT2D eigenvalue weighted by atomic mass is 16.5. The average Bonchev–Trinajstić information content (AvgIpc) is 3.12. The number of aromatic nitrogens is 3. The number of amides is 2. The van der Waals surface area contributed by atoms with Gasteiger partial charge in [-0.1, -0.05) is 6.07 Å². The zero-order valence-electron chi connectivity index (χ0n) is 16.8. The summed E-state index contributed by atoms with van der Waals surface area (Å²) in [5.74, 6) is 0.822. The van der Waals surface area contributed by atoms with E-state index in [-0.39, 0.29) is 11.8 Å². The number of rotatable bonds is 4.